The molecule has 29 heavy (non-hydrogen) atoms. The molecule has 3 aliphatic heterocycles. The fraction of sp³-hybridized carbons (Fsp3) is 1.00. The van der Waals surface area contributed by atoms with Crippen molar-refractivity contribution in [1.82, 2.24) is 9.80 Å². The monoisotopic (exact) mass is 416 g/mol. The summed E-state index contributed by atoms with van der Waals surface area (Å²) in [4.78, 5) is 4.77. The van der Waals surface area contributed by atoms with Crippen LogP contribution in [0.4, 0.5) is 0 Å². The summed E-state index contributed by atoms with van der Waals surface area (Å²) < 4.78 is 30.2. The Bertz CT molecular complexity index is 342. The molecular formula is C22H44N2O5. The second-order valence-corrected chi connectivity index (χ2v) is 8.01. The van der Waals surface area contributed by atoms with E-state index in [4.69, 9.17) is 23.7 Å². The first-order chi connectivity index (χ1) is 14.3. The topological polar surface area (TPSA) is 52.6 Å². The van der Waals surface area contributed by atoms with Crippen LogP contribution in [0.1, 0.15) is 39.5 Å². The molecule has 2 unspecified atom stereocenters. The van der Waals surface area contributed by atoms with E-state index in [1.54, 1.807) is 0 Å². The molecule has 3 heterocycles. The van der Waals surface area contributed by atoms with Crippen molar-refractivity contribution in [3.8, 4) is 0 Å². The standard InChI is InChI=1S/C22H44N2O5/c1-3-5-21-19-27-20-22(6-4-2)29-18-12-24-9-15-25-13-7-23(11-17-28-21)8-14-26-16-10-24/h21-22H,3-20H2,1-2H3. The predicted octanol–water partition coefficient (Wildman–Crippen LogP) is 2.04. The van der Waals surface area contributed by atoms with Crippen molar-refractivity contribution >= 4 is 0 Å². The zero-order valence-electron chi connectivity index (χ0n) is 18.8. The molecule has 3 fully saturated rings. The summed E-state index contributed by atoms with van der Waals surface area (Å²) in [6.45, 7) is 15.6. The summed E-state index contributed by atoms with van der Waals surface area (Å²) >= 11 is 0. The van der Waals surface area contributed by atoms with Crippen molar-refractivity contribution in [2.24, 2.45) is 0 Å². The van der Waals surface area contributed by atoms with Gasteiger partial charge in [0.1, 0.15) is 0 Å². The molecule has 7 heteroatoms. The van der Waals surface area contributed by atoms with Gasteiger partial charge in [0.25, 0.3) is 0 Å². The number of rotatable bonds is 4. The second kappa shape index (κ2) is 16.4. The summed E-state index contributed by atoms with van der Waals surface area (Å²) in [6.07, 6.45) is 4.57. The molecule has 3 saturated heterocycles. The third kappa shape index (κ3) is 11.6. The minimum Gasteiger partial charge on any atom is -0.379 e. The van der Waals surface area contributed by atoms with Gasteiger partial charge < -0.3 is 23.7 Å². The van der Waals surface area contributed by atoms with E-state index >= 15 is 0 Å². The number of hydrogen-bond donors (Lipinski definition) is 0. The lowest BCUT2D eigenvalue weighted by atomic mass is 10.2. The Morgan fingerprint density at radius 2 is 0.931 bits per heavy atom. The van der Waals surface area contributed by atoms with E-state index in [9.17, 15) is 0 Å². The molecule has 7 nitrogen and oxygen atoms in total. The van der Waals surface area contributed by atoms with E-state index in [2.05, 4.69) is 23.6 Å². The second-order valence-electron chi connectivity index (χ2n) is 8.01. The van der Waals surface area contributed by atoms with Crippen LogP contribution in [0.25, 0.3) is 0 Å². The highest BCUT2D eigenvalue weighted by atomic mass is 16.6. The maximum Gasteiger partial charge on any atom is 0.0809 e. The van der Waals surface area contributed by atoms with Gasteiger partial charge in [-0.05, 0) is 12.8 Å². The molecule has 3 aliphatic rings. The van der Waals surface area contributed by atoms with E-state index in [-0.39, 0.29) is 12.2 Å². The Morgan fingerprint density at radius 1 is 0.552 bits per heavy atom. The molecule has 0 aliphatic carbocycles. The lowest BCUT2D eigenvalue weighted by Gasteiger charge is -2.28. The molecule has 0 amide bonds. The molecule has 0 aromatic carbocycles. The average Bonchev–Trinajstić information content (AvgIpc) is 2.70. The SMILES string of the molecule is CCCC1COCC(CCC)OCCN2CCOCCN(CCOCC2)CCO1. The number of ether oxygens (including phenoxy) is 5. The number of nitrogens with zero attached hydrogens (tertiary/aromatic N) is 2. The molecule has 2 bridgehead atoms. The van der Waals surface area contributed by atoms with Gasteiger partial charge in [-0.3, -0.25) is 9.80 Å². The van der Waals surface area contributed by atoms with Crippen molar-refractivity contribution in [2.75, 3.05) is 92.1 Å². The Kier molecular flexibility index (Phi) is 14.1. The van der Waals surface area contributed by atoms with Crippen LogP contribution in [-0.4, -0.2) is 114 Å². The van der Waals surface area contributed by atoms with Gasteiger partial charge in [-0.2, -0.15) is 0 Å². The van der Waals surface area contributed by atoms with Crippen molar-refractivity contribution in [2.45, 2.75) is 51.7 Å². The third-order valence-corrected chi connectivity index (χ3v) is 5.56. The fourth-order valence-electron chi connectivity index (χ4n) is 3.75. The highest BCUT2D eigenvalue weighted by molar-refractivity contribution is 4.65. The maximum absolute atomic E-state index is 6.17. The van der Waals surface area contributed by atoms with Gasteiger partial charge in [0.05, 0.1) is 65.1 Å². The summed E-state index contributed by atoms with van der Waals surface area (Å²) in [5.41, 5.74) is 0. The van der Waals surface area contributed by atoms with Crippen LogP contribution in [0, 0.1) is 0 Å². The van der Waals surface area contributed by atoms with E-state index in [1.165, 1.54) is 0 Å². The highest BCUT2D eigenvalue weighted by Crippen LogP contribution is 2.08. The van der Waals surface area contributed by atoms with Crippen molar-refractivity contribution in [3.63, 3.8) is 0 Å². The van der Waals surface area contributed by atoms with E-state index in [0.29, 0.717) is 13.2 Å². The lowest BCUT2D eigenvalue weighted by Crippen LogP contribution is -2.39. The van der Waals surface area contributed by atoms with Crippen molar-refractivity contribution < 1.29 is 23.7 Å². The van der Waals surface area contributed by atoms with Crippen LogP contribution in [0.5, 0.6) is 0 Å². The first kappa shape index (κ1) is 25.0. The van der Waals surface area contributed by atoms with Gasteiger partial charge in [0.15, 0.2) is 0 Å². The van der Waals surface area contributed by atoms with Gasteiger partial charge in [0, 0.05) is 39.3 Å². The molecule has 3 rings (SSSR count). The summed E-state index contributed by atoms with van der Waals surface area (Å²) in [5.74, 6) is 0. The van der Waals surface area contributed by atoms with E-state index < -0.39 is 0 Å². The maximum atomic E-state index is 6.17. The molecule has 0 aromatic rings. The van der Waals surface area contributed by atoms with Gasteiger partial charge >= 0.3 is 0 Å². The predicted molar refractivity (Wildman–Crippen MR) is 115 cm³/mol. The number of hydrogen-bond acceptors (Lipinski definition) is 7. The Balaban J connectivity index is 1.97. The van der Waals surface area contributed by atoms with Gasteiger partial charge in [0.2, 0.25) is 0 Å². The van der Waals surface area contributed by atoms with Gasteiger partial charge in [-0.15, -0.1) is 0 Å². The average molecular weight is 417 g/mol. The van der Waals surface area contributed by atoms with Crippen LogP contribution in [-0.2, 0) is 23.7 Å². The quantitative estimate of drug-likeness (QED) is 0.650. The molecule has 0 aromatic heterocycles. The van der Waals surface area contributed by atoms with E-state index in [0.717, 1.165) is 105 Å². The Hall–Kier alpha value is -0.280. The van der Waals surface area contributed by atoms with Crippen LogP contribution in [0.3, 0.4) is 0 Å². The lowest BCUT2D eigenvalue weighted by molar-refractivity contribution is -0.0701. The van der Waals surface area contributed by atoms with Crippen molar-refractivity contribution in [1.29, 1.82) is 0 Å². The molecule has 172 valence electrons. The first-order valence-corrected chi connectivity index (χ1v) is 11.7. The van der Waals surface area contributed by atoms with Crippen LogP contribution >= 0.6 is 0 Å². The normalized spacial score (nSPS) is 32.5. The molecule has 0 spiro atoms. The molecule has 0 radical (unpaired) electrons. The van der Waals surface area contributed by atoms with Crippen LogP contribution in [0.15, 0.2) is 0 Å². The molecule has 2 atom stereocenters. The fourth-order valence-corrected chi connectivity index (χ4v) is 3.75. The van der Waals surface area contributed by atoms with Gasteiger partial charge in [-0.25, -0.2) is 0 Å². The smallest absolute Gasteiger partial charge is 0.0809 e. The summed E-state index contributed by atoms with van der Waals surface area (Å²) in [7, 11) is 0. The number of fused-ring (bicyclic) bond motifs is 18. The largest absolute Gasteiger partial charge is 0.379 e. The highest BCUT2D eigenvalue weighted by Gasteiger charge is 2.15. The molecular weight excluding hydrogens is 372 g/mol. The van der Waals surface area contributed by atoms with Crippen molar-refractivity contribution in [3.05, 3.63) is 0 Å². The Morgan fingerprint density at radius 3 is 1.31 bits per heavy atom. The van der Waals surface area contributed by atoms with Crippen LogP contribution < -0.4 is 0 Å². The molecule has 0 N–H and O–H groups in total. The van der Waals surface area contributed by atoms with Gasteiger partial charge in [-0.1, -0.05) is 26.7 Å². The summed E-state index contributed by atoms with van der Waals surface area (Å²) in [5, 5.41) is 0. The first-order valence-electron chi connectivity index (χ1n) is 11.7. The zero-order chi connectivity index (χ0) is 20.6. The summed E-state index contributed by atoms with van der Waals surface area (Å²) in [6, 6.07) is 0. The molecule has 0 saturated carbocycles. The van der Waals surface area contributed by atoms with E-state index in [1.807, 2.05) is 0 Å². The zero-order valence-corrected chi connectivity index (χ0v) is 18.8. The van der Waals surface area contributed by atoms with Crippen LogP contribution in [0.2, 0.25) is 0 Å². The Labute approximate surface area is 177 Å². The minimum atomic E-state index is 0.157. The third-order valence-electron chi connectivity index (χ3n) is 5.56. The minimum absolute atomic E-state index is 0.157.